The Bertz CT molecular complexity index is 1090. The molecule has 2 aromatic carbocycles. The maximum absolute atomic E-state index is 13.0. The van der Waals surface area contributed by atoms with E-state index in [4.69, 9.17) is 5.26 Å². The van der Waals surface area contributed by atoms with Crippen LogP contribution in [-0.4, -0.2) is 40.1 Å². The van der Waals surface area contributed by atoms with Crippen molar-refractivity contribution in [2.24, 2.45) is 0 Å². The van der Waals surface area contributed by atoms with Crippen LogP contribution < -0.4 is 4.90 Å². The van der Waals surface area contributed by atoms with Crippen LogP contribution in [-0.2, 0) is 9.59 Å². The largest absolute Gasteiger partial charge is 0.322 e. The van der Waals surface area contributed by atoms with Crippen LogP contribution in [0.1, 0.15) is 22.3 Å². The number of amides is 3. The predicted octanol–water partition coefficient (Wildman–Crippen LogP) is 2.43. The van der Waals surface area contributed by atoms with E-state index >= 15 is 0 Å². The van der Waals surface area contributed by atoms with Crippen molar-refractivity contribution in [3.8, 4) is 6.07 Å². The van der Waals surface area contributed by atoms with Crippen molar-refractivity contribution in [1.29, 1.82) is 5.26 Å². The van der Waals surface area contributed by atoms with Crippen molar-refractivity contribution < 1.29 is 19.3 Å². The minimum Gasteiger partial charge on any atom is -0.322 e. The molecule has 2 aromatic rings. The van der Waals surface area contributed by atoms with Crippen LogP contribution in [0.15, 0.2) is 61.2 Å². The van der Waals surface area contributed by atoms with E-state index in [1.807, 2.05) is 6.07 Å². The summed E-state index contributed by atoms with van der Waals surface area (Å²) in [5.74, 6) is -1.70. The van der Waals surface area contributed by atoms with E-state index in [1.54, 1.807) is 0 Å². The van der Waals surface area contributed by atoms with Gasteiger partial charge in [-0.3, -0.25) is 24.5 Å². The summed E-state index contributed by atoms with van der Waals surface area (Å²) in [5.41, 5.74) is 0.451. The highest BCUT2D eigenvalue weighted by Crippen LogP contribution is 2.27. The zero-order valence-corrected chi connectivity index (χ0v) is 15.7. The van der Waals surface area contributed by atoms with E-state index in [1.165, 1.54) is 53.4 Å². The zero-order chi connectivity index (χ0) is 21.8. The molecule has 3 amide bonds. The maximum atomic E-state index is 13.0. The van der Waals surface area contributed by atoms with Crippen molar-refractivity contribution in [3.63, 3.8) is 0 Å². The lowest BCUT2D eigenvalue weighted by atomic mass is 10.1. The molecule has 30 heavy (non-hydrogen) atoms. The molecule has 9 nitrogen and oxygen atoms in total. The minimum atomic E-state index is -1.07. The molecule has 0 aromatic heterocycles. The monoisotopic (exact) mass is 404 g/mol. The fourth-order valence-electron chi connectivity index (χ4n) is 3.22. The molecule has 0 bridgehead atoms. The topological polar surface area (TPSA) is 125 Å². The summed E-state index contributed by atoms with van der Waals surface area (Å²) in [7, 11) is 0. The Kier molecular flexibility index (Phi) is 5.69. The first-order valence-electron chi connectivity index (χ1n) is 8.90. The second-order valence-corrected chi connectivity index (χ2v) is 6.50. The highest BCUT2D eigenvalue weighted by molar-refractivity contribution is 6.23. The lowest BCUT2D eigenvalue weighted by Crippen LogP contribution is -2.45. The first kappa shape index (κ1) is 20.4. The van der Waals surface area contributed by atoms with E-state index in [0.717, 1.165) is 11.0 Å². The van der Waals surface area contributed by atoms with Gasteiger partial charge in [0.05, 0.1) is 28.7 Å². The van der Waals surface area contributed by atoms with E-state index in [2.05, 4.69) is 6.58 Å². The van der Waals surface area contributed by atoms with E-state index in [9.17, 15) is 24.5 Å². The number of nitro groups is 1. The van der Waals surface area contributed by atoms with Crippen LogP contribution >= 0.6 is 0 Å². The fraction of sp³-hybridized carbons (Fsp3) is 0.143. The van der Waals surface area contributed by atoms with Gasteiger partial charge in [-0.25, -0.2) is 4.90 Å². The molecule has 9 heteroatoms. The molecule has 1 aliphatic rings. The molecular formula is C21H16N4O5. The Hall–Kier alpha value is -4.32. The number of nitrogens with zero attached hydrogens (tertiary/aromatic N) is 4. The molecule has 1 aliphatic heterocycles. The number of non-ortho nitro benzene ring substituents is 1. The molecule has 1 heterocycles. The number of hydrogen-bond acceptors (Lipinski definition) is 6. The number of nitro benzene ring substituents is 1. The third kappa shape index (κ3) is 3.79. The molecule has 0 spiro atoms. The molecule has 1 atom stereocenters. The van der Waals surface area contributed by atoms with E-state index in [0.29, 0.717) is 11.3 Å². The maximum Gasteiger partial charge on any atom is 0.270 e. The summed E-state index contributed by atoms with van der Waals surface area (Å²) in [6.45, 7) is 3.57. The minimum absolute atomic E-state index is 0.0214. The smallest absolute Gasteiger partial charge is 0.270 e. The molecule has 1 fully saturated rings. The van der Waals surface area contributed by atoms with Crippen LogP contribution in [0.4, 0.5) is 11.4 Å². The number of imide groups is 1. The van der Waals surface area contributed by atoms with Crippen molar-refractivity contribution >= 4 is 29.1 Å². The first-order chi connectivity index (χ1) is 14.4. The van der Waals surface area contributed by atoms with Crippen molar-refractivity contribution in [2.75, 3.05) is 11.4 Å². The van der Waals surface area contributed by atoms with Crippen molar-refractivity contribution in [2.45, 2.75) is 12.5 Å². The molecule has 0 saturated carbocycles. The number of hydrogen-bond donors (Lipinski definition) is 0. The Morgan fingerprint density at radius 1 is 1.30 bits per heavy atom. The third-order valence-electron chi connectivity index (χ3n) is 4.64. The van der Waals surface area contributed by atoms with Crippen LogP contribution in [0.25, 0.3) is 0 Å². The van der Waals surface area contributed by atoms with Gasteiger partial charge in [-0.15, -0.1) is 6.58 Å². The summed E-state index contributed by atoms with van der Waals surface area (Å²) < 4.78 is 0. The van der Waals surface area contributed by atoms with Crippen LogP contribution in [0.2, 0.25) is 0 Å². The van der Waals surface area contributed by atoms with Crippen LogP contribution in [0.3, 0.4) is 0 Å². The SMILES string of the molecule is C=CCN(C(=O)c1cccc([N+](=O)[O-])c1)C1CC(=O)N(c2ccc(C#N)cc2)C1=O. The quantitative estimate of drug-likeness (QED) is 0.315. The predicted molar refractivity (Wildman–Crippen MR) is 106 cm³/mol. The van der Waals surface area contributed by atoms with Gasteiger partial charge in [0, 0.05) is 24.2 Å². The van der Waals surface area contributed by atoms with Gasteiger partial charge in [0.15, 0.2) is 0 Å². The van der Waals surface area contributed by atoms with Gasteiger partial charge in [0.2, 0.25) is 5.91 Å². The van der Waals surface area contributed by atoms with Crippen molar-refractivity contribution in [1.82, 2.24) is 4.90 Å². The number of rotatable bonds is 6. The van der Waals surface area contributed by atoms with Crippen LogP contribution in [0.5, 0.6) is 0 Å². The number of anilines is 1. The average molecular weight is 404 g/mol. The normalized spacial score (nSPS) is 15.6. The number of carbonyl (C=O) groups excluding carboxylic acids is 3. The molecule has 1 unspecified atom stereocenters. The third-order valence-corrected chi connectivity index (χ3v) is 4.64. The highest BCUT2D eigenvalue weighted by atomic mass is 16.6. The summed E-state index contributed by atoms with van der Waals surface area (Å²) >= 11 is 0. The summed E-state index contributed by atoms with van der Waals surface area (Å²) in [4.78, 5) is 51.1. The second-order valence-electron chi connectivity index (χ2n) is 6.50. The van der Waals surface area contributed by atoms with Crippen LogP contribution in [0, 0.1) is 21.4 Å². The number of benzene rings is 2. The summed E-state index contributed by atoms with van der Waals surface area (Å²) in [5, 5.41) is 19.9. The van der Waals surface area contributed by atoms with Gasteiger partial charge in [0.1, 0.15) is 6.04 Å². The highest BCUT2D eigenvalue weighted by Gasteiger charge is 2.44. The van der Waals surface area contributed by atoms with Gasteiger partial charge in [-0.2, -0.15) is 5.26 Å². The number of carbonyl (C=O) groups is 3. The molecular weight excluding hydrogens is 388 g/mol. The number of nitriles is 1. The molecule has 0 radical (unpaired) electrons. The van der Waals surface area contributed by atoms with Gasteiger partial charge in [-0.05, 0) is 30.3 Å². The summed E-state index contributed by atoms with van der Waals surface area (Å²) in [6, 6.07) is 12.0. The lowest BCUT2D eigenvalue weighted by molar-refractivity contribution is -0.384. The second kappa shape index (κ2) is 8.36. The van der Waals surface area contributed by atoms with E-state index in [-0.39, 0.29) is 24.2 Å². The molecule has 1 saturated heterocycles. The summed E-state index contributed by atoms with van der Waals surface area (Å²) in [6.07, 6.45) is 1.19. The average Bonchev–Trinajstić information content (AvgIpc) is 3.05. The standard InChI is InChI=1S/C21H16N4O5/c1-2-10-23(20(27)15-4-3-5-17(11-15)25(29)30)18-12-19(26)24(21(18)28)16-8-6-14(13-22)7-9-16/h2-9,11,18H,1,10,12H2. The zero-order valence-electron chi connectivity index (χ0n) is 15.7. The molecule has 0 aliphatic carbocycles. The Labute approximate surface area is 171 Å². The van der Waals surface area contributed by atoms with Gasteiger partial charge >= 0.3 is 0 Å². The Morgan fingerprint density at radius 2 is 2.00 bits per heavy atom. The molecule has 0 N–H and O–H groups in total. The Balaban J connectivity index is 1.91. The molecule has 3 rings (SSSR count). The van der Waals surface area contributed by atoms with Gasteiger partial charge in [-0.1, -0.05) is 12.1 Å². The van der Waals surface area contributed by atoms with E-state index < -0.39 is 28.7 Å². The fourth-order valence-corrected chi connectivity index (χ4v) is 3.22. The van der Waals surface area contributed by atoms with Crippen molar-refractivity contribution in [3.05, 3.63) is 82.4 Å². The lowest BCUT2D eigenvalue weighted by Gasteiger charge is -2.26. The Morgan fingerprint density at radius 3 is 2.60 bits per heavy atom. The van der Waals surface area contributed by atoms with Gasteiger partial charge < -0.3 is 4.90 Å². The van der Waals surface area contributed by atoms with Gasteiger partial charge in [0.25, 0.3) is 17.5 Å². The first-order valence-corrected chi connectivity index (χ1v) is 8.90. The molecule has 150 valence electrons.